The van der Waals surface area contributed by atoms with Crippen molar-refractivity contribution in [2.75, 3.05) is 5.32 Å². The van der Waals surface area contributed by atoms with Crippen molar-refractivity contribution in [3.8, 4) is 10.6 Å². The van der Waals surface area contributed by atoms with Gasteiger partial charge in [-0.25, -0.2) is 9.37 Å². The summed E-state index contributed by atoms with van der Waals surface area (Å²) in [5.74, 6) is -0.914. The molecule has 0 aliphatic carbocycles. The molecule has 0 fully saturated rings. The van der Waals surface area contributed by atoms with E-state index in [-0.39, 0.29) is 17.4 Å². The van der Waals surface area contributed by atoms with Crippen molar-refractivity contribution in [3.05, 3.63) is 70.5 Å². The second kappa shape index (κ2) is 6.10. The fraction of sp³-hybridized carbons (Fsp3) is 0.0556. The van der Waals surface area contributed by atoms with Crippen molar-refractivity contribution in [1.82, 2.24) is 10.3 Å². The van der Waals surface area contributed by atoms with Crippen molar-refractivity contribution < 1.29 is 14.0 Å². The Labute approximate surface area is 146 Å². The predicted octanol–water partition coefficient (Wildman–Crippen LogP) is 3.44. The van der Waals surface area contributed by atoms with Gasteiger partial charge in [-0.2, -0.15) is 0 Å². The molecule has 0 saturated heterocycles. The maximum absolute atomic E-state index is 13.0. The van der Waals surface area contributed by atoms with Gasteiger partial charge >= 0.3 is 0 Å². The number of fused-ring (bicyclic) bond motifs is 1. The van der Waals surface area contributed by atoms with Crippen molar-refractivity contribution in [1.29, 1.82) is 0 Å². The summed E-state index contributed by atoms with van der Waals surface area (Å²) in [6.45, 7) is 0.462. The van der Waals surface area contributed by atoms with Crippen LogP contribution in [0.5, 0.6) is 0 Å². The molecule has 3 aromatic rings. The third-order valence-corrected chi connectivity index (χ3v) is 4.78. The van der Waals surface area contributed by atoms with Crippen LogP contribution in [0.1, 0.15) is 26.4 Å². The molecule has 1 aromatic heterocycles. The van der Waals surface area contributed by atoms with E-state index in [1.165, 1.54) is 23.5 Å². The Morgan fingerprint density at radius 3 is 2.80 bits per heavy atom. The summed E-state index contributed by atoms with van der Waals surface area (Å²) >= 11 is 1.30. The summed E-state index contributed by atoms with van der Waals surface area (Å²) in [4.78, 5) is 28.7. The van der Waals surface area contributed by atoms with E-state index >= 15 is 0 Å². The standard InChI is InChI=1S/C18H12FN3O2S/c19-12-6-4-10(5-7-12)18-22-14(9-25-18)16(23)21-13-3-1-2-11-8-20-17(24)15(11)13/h1-7,9H,8H2,(H,20,24)(H,21,23). The van der Waals surface area contributed by atoms with E-state index in [1.54, 1.807) is 29.6 Å². The number of aromatic nitrogens is 1. The van der Waals surface area contributed by atoms with Crippen molar-refractivity contribution in [3.63, 3.8) is 0 Å². The molecular weight excluding hydrogens is 341 g/mol. The number of hydrogen-bond donors (Lipinski definition) is 2. The van der Waals surface area contributed by atoms with Crippen LogP contribution in [0.25, 0.3) is 10.6 Å². The molecule has 0 unspecified atom stereocenters. The van der Waals surface area contributed by atoms with Crippen LogP contribution in [0.4, 0.5) is 10.1 Å². The summed E-state index contributed by atoms with van der Waals surface area (Å²) in [6.07, 6.45) is 0. The number of nitrogens with one attached hydrogen (secondary N) is 2. The molecule has 25 heavy (non-hydrogen) atoms. The number of anilines is 1. The average Bonchev–Trinajstić information content (AvgIpc) is 3.24. The van der Waals surface area contributed by atoms with Crippen LogP contribution in [0, 0.1) is 5.82 Å². The lowest BCUT2D eigenvalue weighted by Crippen LogP contribution is -2.17. The molecule has 0 bridgehead atoms. The predicted molar refractivity (Wildman–Crippen MR) is 93.1 cm³/mol. The lowest BCUT2D eigenvalue weighted by Gasteiger charge is -2.07. The first-order valence-corrected chi connectivity index (χ1v) is 8.43. The Hall–Kier alpha value is -3.06. The molecule has 0 spiro atoms. The molecule has 5 nitrogen and oxygen atoms in total. The Morgan fingerprint density at radius 1 is 1.20 bits per heavy atom. The fourth-order valence-corrected chi connectivity index (χ4v) is 3.48. The van der Waals surface area contributed by atoms with Gasteiger partial charge in [0.05, 0.1) is 11.3 Å². The first-order chi connectivity index (χ1) is 12.1. The first-order valence-electron chi connectivity index (χ1n) is 7.55. The van der Waals surface area contributed by atoms with E-state index in [0.717, 1.165) is 11.1 Å². The monoisotopic (exact) mass is 353 g/mol. The third kappa shape index (κ3) is 2.89. The highest BCUT2D eigenvalue weighted by molar-refractivity contribution is 7.13. The van der Waals surface area contributed by atoms with Crippen molar-refractivity contribution in [2.45, 2.75) is 6.54 Å². The van der Waals surface area contributed by atoms with Gasteiger partial charge in [-0.3, -0.25) is 9.59 Å². The number of halogens is 1. The Kier molecular flexibility index (Phi) is 3.77. The summed E-state index contributed by atoms with van der Waals surface area (Å²) in [6, 6.07) is 11.3. The van der Waals surface area contributed by atoms with Crippen LogP contribution in [-0.4, -0.2) is 16.8 Å². The van der Waals surface area contributed by atoms with E-state index in [4.69, 9.17) is 0 Å². The molecule has 7 heteroatoms. The highest BCUT2D eigenvalue weighted by atomic mass is 32.1. The minimum absolute atomic E-state index is 0.198. The minimum Gasteiger partial charge on any atom is -0.348 e. The molecular formula is C18H12FN3O2S. The summed E-state index contributed by atoms with van der Waals surface area (Å²) in [5.41, 5.74) is 2.80. The van der Waals surface area contributed by atoms with Gasteiger partial charge in [-0.05, 0) is 35.9 Å². The van der Waals surface area contributed by atoms with Crippen molar-refractivity contribution in [2.24, 2.45) is 0 Å². The third-order valence-electron chi connectivity index (χ3n) is 3.89. The molecule has 2 heterocycles. The van der Waals surface area contributed by atoms with Crippen molar-refractivity contribution >= 4 is 28.8 Å². The molecule has 4 rings (SSSR count). The van der Waals surface area contributed by atoms with Gasteiger partial charge in [0.1, 0.15) is 16.5 Å². The van der Waals surface area contributed by atoms with Gasteiger partial charge < -0.3 is 10.6 Å². The maximum Gasteiger partial charge on any atom is 0.275 e. The molecule has 1 aliphatic heterocycles. The zero-order chi connectivity index (χ0) is 17.4. The van der Waals surface area contributed by atoms with Crippen LogP contribution in [0.15, 0.2) is 47.8 Å². The van der Waals surface area contributed by atoms with E-state index in [1.807, 2.05) is 6.07 Å². The smallest absolute Gasteiger partial charge is 0.275 e. The number of rotatable bonds is 3. The largest absolute Gasteiger partial charge is 0.348 e. The summed E-state index contributed by atoms with van der Waals surface area (Å²) in [5, 5.41) is 7.74. The number of hydrogen-bond acceptors (Lipinski definition) is 4. The molecule has 1 aliphatic rings. The lowest BCUT2D eigenvalue weighted by atomic mass is 10.1. The van der Waals surface area contributed by atoms with Gasteiger partial charge in [-0.15, -0.1) is 11.3 Å². The first kappa shape index (κ1) is 15.5. The van der Waals surface area contributed by atoms with Crippen LogP contribution in [-0.2, 0) is 6.54 Å². The normalized spacial score (nSPS) is 12.6. The molecule has 2 N–H and O–H groups in total. The number of thiazole rings is 1. The average molecular weight is 353 g/mol. The fourth-order valence-electron chi connectivity index (χ4n) is 2.67. The number of nitrogens with zero attached hydrogens (tertiary/aromatic N) is 1. The van der Waals surface area contributed by atoms with Crippen LogP contribution in [0.3, 0.4) is 0 Å². The topological polar surface area (TPSA) is 71.1 Å². The van der Waals surface area contributed by atoms with Gasteiger partial charge in [0, 0.05) is 17.5 Å². The molecule has 0 atom stereocenters. The zero-order valence-electron chi connectivity index (χ0n) is 12.9. The zero-order valence-corrected chi connectivity index (χ0v) is 13.7. The van der Waals surface area contributed by atoms with Crippen LogP contribution in [0.2, 0.25) is 0 Å². The minimum atomic E-state index is -0.391. The van der Waals surface area contributed by atoms with Gasteiger partial charge in [0.25, 0.3) is 11.8 Å². The van der Waals surface area contributed by atoms with Crippen LogP contribution >= 0.6 is 11.3 Å². The number of carbonyl (C=O) groups excluding carboxylic acids is 2. The highest BCUT2D eigenvalue weighted by Crippen LogP contribution is 2.27. The molecule has 2 aromatic carbocycles. The summed E-state index contributed by atoms with van der Waals surface area (Å²) < 4.78 is 13.0. The highest BCUT2D eigenvalue weighted by Gasteiger charge is 2.23. The molecule has 124 valence electrons. The second-order valence-corrected chi connectivity index (χ2v) is 6.38. The lowest BCUT2D eigenvalue weighted by molar-refractivity contribution is 0.0966. The van der Waals surface area contributed by atoms with E-state index in [9.17, 15) is 14.0 Å². The number of carbonyl (C=O) groups is 2. The SMILES string of the molecule is O=C(Nc1cccc2c1C(=O)NC2)c1csc(-c2ccc(F)cc2)n1. The maximum atomic E-state index is 13.0. The summed E-state index contributed by atoms with van der Waals surface area (Å²) in [7, 11) is 0. The Bertz CT molecular complexity index is 982. The molecule has 2 amide bonds. The van der Waals surface area contributed by atoms with E-state index in [2.05, 4.69) is 15.6 Å². The van der Waals surface area contributed by atoms with E-state index in [0.29, 0.717) is 22.8 Å². The van der Waals surface area contributed by atoms with Gasteiger partial charge in [-0.1, -0.05) is 12.1 Å². The Balaban J connectivity index is 1.58. The van der Waals surface area contributed by atoms with Gasteiger partial charge in [0.2, 0.25) is 0 Å². The number of benzene rings is 2. The van der Waals surface area contributed by atoms with Crippen LogP contribution < -0.4 is 10.6 Å². The Morgan fingerprint density at radius 2 is 2.00 bits per heavy atom. The molecule has 0 radical (unpaired) electrons. The number of amides is 2. The second-order valence-electron chi connectivity index (χ2n) is 5.52. The van der Waals surface area contributed by atoms with E-state index < -0.39 is 5.91 Å². The quantitative estimate of drug-likeness (QED) is 0.758. The molecule has 0 saturated carbocycles. The van der Waals surface area contributed by atoms with Gasteiger partial charge in [0.15, 0.2) is 0 Å².